The third-order valence-corrected chi connectivity index (χ3v) is 9.80. The van der Waals surface area contributed by atoms with E-state index in [1.807, 2.05) is 48.5 Å². The van der Waals surface area contributed by atoms with Crippen molar-refractivity contribution in [3.8, 4) is 5.75 Å². The van der Waals surface area contributed by atoms with Gasteiger partial charge in [-0.2, -0.15) is 0 Å². The Morgan fingerprint density at radius 3 is 2.55 bits per heavy atom. The molecule has 6 heteroatoms. The molecule has 3 aromatic carbocycles. The second-order valence-electron chi connectivity index (χ2n) is 13.4. The highest BCUT2D eigenvalue weighted by molar-refractivity contribution is 5.98. The first-order valence-electron chi connectivity index (χ1n) is 15.7. The molecule has 3 aliphatic rings. The number of carbonyl (C=O) groups is 2. The fraction of sp³-hybridized carbons (Fsp3) is 0.500. The largest absolute Gasteiger partial charge is 0.508 e. The van der Waals surface area contributed by atoms with Crippen LogP contribution < -0.4 is 0 Å². The van der Waals surface area contributed by atoms with Crippen molar-refractivity contribution in [3.63, 3.8) is 0 Å². The number of fused-ring (bicyclic) bond motifs is 2. The van der Waals surface area contributed by atoms with Crippen molar-refractivity contribution in [2.75, 3.05) is 26.2 Å². The zero-order chi connectivity index (χ0) is 29.4. The van der Waals surface area contributed by atoms with Gasteiger partial charge in [-0.1, -0.05) is 56.3 Å². The lowest BCUT2D eigenvalue weighted by molar-refractivity contribution is -0.159. The highest BCUT2D eigenvalue weighted by atomic mass is 16.5. The summed E-state index contributed by atoms with van der Waals surface area (Å²) >= 11 is 0. The number of likely N-dealkylation sites (tertiary alicyclic amines) is 1. The molecule has 4 atom stereocenters. The maximum absolute atomic E-state index is 14.4. The van der Waals surface area contributed by atoms with Gasteiger partial charge in [0.1, 0.15) is 11.9 Å². The molecule has 2 aliphatic carbocycles. The Balaban J connectivity index is 1.40. The SMILES string of the molecule is CC(=O)OC1CC(N(CC(C)C)C(=O)c2ccc3ccccc3c2)CC2(c3cccc(O)c3)CCN(CC3CC3)CC12. The van der Waals surface area contributed by atoms with Crippen LogP contribution in [0.1, 0.15) is 68.8 Å². The summed E-state index contributed by atoms with van der Waals surface area (Å²) in [6.45, 7) is 9.34. The Morgan fingerprint density at radius 1 is 1.05 bits per heavy atom. The number of benzene rings is 3. The average Bonchev–Trinajstić information content (AvgIpc) is 3.79. The second-order valence-corrected chi connectivity index (χ2v) is 13.4. The summed E-state index contributed by atoms with van der Waals surface area (Å²) in [7, 11) is 0. The molecule has 0 radical (unpaired) electrons. The van der Waals surface area contributed by atoms with Crippen LogP contribution in [0.2, 0.25) is 0 Å². The van der Waals surface area contributed by atoms with Gasteiger partial charge in [0, 0.05) is 55.9 Å². The van der Waals surface area contributed by atoms with Crippen LogP contribution in [0.25, 0.3) is 10.8 Å². The summed E-state index contributed by atoms with van der Waals surface area (Å²) < 4.78 is 6.17. The molecule has 6 nitrogen and oxygen atoms in total. The molecular formula is C36H44N2O4. The van der Waals surface area contributed by atoms with Gasteiger partial charge in [-0.25, -0.2) is 0 Å². The molecule has 0 aromatic heterocycles. The molecule has 3 fully saturated rings. The number of hydrogen-bond donors (Lipinski definition) is 1. The molecule has 222 valence electrons. The van der Waals surface area contributed by atoms with E-state index in [-0.39, 0.29) is 47.0 Å². The Kier molecular flexibility index (Phi) is 8.01. The predicted molar refractivity (Wildman–Crippen MR) is 165 cm³/mol. The van der Waals surface area contributed by atoms with Crippen LogP contribution >= 0.6 is 0 Å². The minimum Gasteiger partial charge on any atom is -0.508 e. The number of carbonyl (C=O) groups excluding carboxylic acids is 2. The lowest BCUT2D eigenvalue weighted by Gasteiger charge is -2.57. The van der Waals surface area contributed by atoms with Gasteiger partial charge in [-0.3, -0.25) is 9.59 Å². The summed E-state index contributed by atoms with van der Waals surface area (Å²) in [5, 5.41) is 12.7. The number of hydrogen-bond acceptors (Lipinski definition) is 5. The van der Waals surface area contributed by atoms with Crippen molar-refractivity contribution in [2.24, 2.45) is 17.8 Å². The van der Waals surface area contributed by atoms with Crippen molar-refractivity contribution in [1.29, 1.82) is 0 Å². The van der Waals surface area contributed by atoms with Crippen molar-refractivity contribution in [3.05, 3.63) is 77.9 Å². The molecule has 42 heavy (non-hydrogen) atoms. The summed E-state index contributed by atoms with van der Waals surface area (Å²) in [6, 6.07) is 21.6. The first kappa shape index (κ1) is 28.7. The Morgan fingerprint density at radius 2 is 1.83 bits per heavy atom. The molecule has 4 unspecified atom stereocenters. The lowest BCUT2D eigenvalue weighted by Crippen LogP contribution is -2.62. The van der Waals surface area contributed by atoms with E-state index in [0.29, 0.717) is 18.5 Å². The van der Waals surface area contributed by atoms with Crippen molar-refractivity contribution < 1.29 is 19.4 Å². The van der Waals surface area contributed by atoms with E-state index >= 15 is 0 Å². The Bertz CT molecular complexity index is 1450. The maximum atomic E-state index is 14.4. The molecule has 1 saturated heterocycles. The van der Waals surface area contributed by atoms with Crippen LogP contribution in [-0.4, -0.2) is 65.1 Å². The van der Waals surface area contributed by atoms with E-state index < -0.39 is 0 Å². The first-order chi connectivity index (χ1) is 20.2. The van der Waals surface area contributed by atoms with Crippen molar-refractivity contribution in [1.82, 2.24) is 9.80 Å². The summed E-state index contributed by atoms with van der Waals surface area (Å²) in [4.78, 5) is 31.5. The van der Waals surface area contributed by atoms with E-state index in [2.05, 4.69) is 35.8 Å². The van der Waals surface area contributed by atoms with Crippen LogP contribution in [0, 0.1) is 17.8 Å². The van der Waals surface area contributed by atoms with Gasteiger partial charge in [0.25, 0.3) is 5.91 Å². The molecule has 6 rings (SSSR count). The van der Waals surface area contributed by atoms with Gasteiger partial charge in [-0.15, -0.1) is 0 Å². The minimum atomic E-state index is -0.319. The van der Waals surface area contributed by atoms with Gasteiger partial charge < -0.3 is 19.6 Å². The zero-order valence-electron chi connectivity index (χ0n) is 25.2. The van der Waals surface area contributed by atoms with Gasteiger partial charge in [-0.05, 0) is 84.7 Å². The minimum absolute atomic E-state index is 0.0247. The quantitative estimate of drug-likeness (QED) is 0.318. The fourth-order valence-electron chi connectivity index (χ4n) is 7.73. The predicted octanol–water partition coefficient (Wildman–Crippen LogP) is 6.41. The number of piperidine rings is 1. The molecule has 1 N–H and O–H groups in total. The van der Waals surface area contributed by atoms with E-state index in [1.165, 1.54) is 19.8 Å². The topological polar surface area (TPSA) is 70.1 Å². The molecule has 1 amide bonds. The third-order valence-electron chi connectivity index (χ3n) is 9.80. The number of phenols is 1. The summed E-state index contributed by atoms with van der Waals surface area (Å²) in [6.07, 6.45) is 4.59. The molecule has 3 aromatic rings. The number of rotatable bonds is 8. The van der Waals surface area contributed by atoms with Crippen LogP contribution in [0.3, 0.4) is 0 Å². The maximum Gasteiger partial charge on any atom is 0.302 e. The number of esters is 1. The van der Waals surface area contributed by atoms with Gasteiger partial charge in [0.15, 0.2) is 0 Å². The summed E-state index contributed by atoms with van der Waals surface area (Å²) in [5.41, 5.74) is 1.45. The average molecular weight is 569 g/mol. The number of nitrogens with zero attached hydrogens (tertiary/aromatic N) is 2. The van der Waals surface area contributed by atoms with Gasteiger partial charge in [0.2, 0.25) is 0 Å². The van der Waals surface area contributed by atoms with E-state index in [0.717, 1.165) is 54.7 Å². The highest BCUT2D eigenvalue weighted by Gasteiger charge is 2.55. The Hall–Kier alpha value is -3.38. The van der Waals surface area contributed by atoms with Crippen LogP contribution in [0.15, 0.2) is 66.7 Å². The molecule has 2 saturated carbocycles. The number of ether oxygens (including phenoxy) is 1. The standard InChI is InChI=1S/C36H44N2O4/c1-24(2)21-38(35(41)29-14-13-27-7-4-5-8-28(27)17-29)31-19-34(42-25(3)39)33-23-37(22-26-11-12-26)16-15-36(33,20-31)30-9-6-10-32(40)18-30/h4-10,13-14,17-18,24,26,31,33-34,40H,11-12,15-16,19-23H2,1-3H3. The summed E-state index contributed by atoms with van der Waals surface area (Å²) in [5.74, 6) is 1.14. The number of phenolic OH excluding ortho intramolecular Hbond substituents is 1. The van der Waals surface area contributed by atoms with Gasteiger partial charge >= 0.3 is 5.97 Å². The second kappa shape index (κ2) is 11.7. The van der Waals surface area contributed by atoms with Crippen LogP contribution in [0.4, 0.5) is 0 Å². The fourth-order valence-corrected chi connectivity index (χ4v) is 7.73. The highest BCUT2D eigenvalue weighted by Crippen LogP contribution is 2.52. The van der Waals surface area contributed by atoms with E-state index in [4.69, 9.17) is 4.74 Å². The van der Waals surface area contributed by atoms with E-state index in [9.17, 15) is 14.7 Å². The third kappa shape index (κ3) is 5.92. The smallest absolute Gasteiger partial charge is 0.302 e. The Labute approximate surface area is 249 Å². The zero-order valence-corrected chi connectivity index (χ0v) is 25.2. The molecule has 1 heterocycles. The molecule has 1 aliphatic heterocycles. The van der Waals surface area contributed by atoms with Crippen molar-refractivity contribution in [2.45, 2.75) is 70.4 Å². The van der Waals surface area contributed by atoms with Crippen LogP contribution in [0.5, 0.6) is 5.75 Å². The van der Waals surface area contributed by atoms with Crippen LogP contribution in [-0.2, 0) is 14.9 Å². The van der Waals surface area contributed by atoms with Crippen molar-refractivity contribution >= 4 is 22.6 Å². The van der Waals surface area contributed by atoms with E-state index in [1.54, 1.807) is 6.07 Å². The molecule has 0 bridgehead atoms. The first-order valence-corrected chi connectivity index (χ1v) is 15.7. The molecule has 0 spiro atoms. The molecular weight excluding hydrogens is 524 g/mol. The number of aromatic hydroxyl groups is 1. The lowest BCUT2D eigenvalue weighted by atomic mass is 9.56. The normalized spacial score (nSPS) is 26.1. The monoisotopic (exact) mass is 568 g/mol. The number of amides is 1. The van der Waals surface area contributed by atoms with Gasteiger partial charge in [0.05, 0.1) is 0 Å².